The van der Waals surface area contributed by atoms with E-state index >= 15 is 0 Å². The van der Waals surface area contributed by atoms with Gasteiger partial charge in [-0.15, -0.1) is 0 Å². The van der Waals surface area contributed by atoms with Crippen LogP contribution in [0.2, 0.25) is 5.02 Å². The first-order valence-corrected chi connectivity index (χ1v) is 7.79. The Hall–Kier alpha value is -2.20. The van der Waals surface area contributed by atoms with Crippen molar-refractivity contribution in [2.75, 3.05) is 20.8 Å². The molecule has 1 aliphatic heterocycles. The predicted octanol–water partition coefficient (Wildman–Crippen LogP) is 3.56. The Morgan fingerprint density at radius 2 is 1.74 bits per heavy atom. The van der Waals surface area contributed by atoms with Gasteiger partial charge in [0.2, 0.25) is 0 Å². The molecule has 0 saturated carbocycles. The van der Waals surface area contributed by atoms with Crippen LogP contribution in [-0.2, 0) is 13.0 Å². The number of amides is 1. The third kappa shape index (κ3) is 3.13. The van der Waals surface area contributed by atoms with Gasteiger partial charge in [-0.3, -0.25) is 4.79 Å². The molecule has 4 nitrogen and oxygen atoms in total. The van der Waals surface area contributed by atoms with Crippen molar-refractivity contribution in [3.63, 3.8) is 0 Å². The molecule has 2 aromatic rings. The van der Waals surface area contributed by atoms with Gasteiger partial charge in [0.15, 0.2) is 11.5 Å². The summed E-state index contributed by atoms with van der Waals surface area (Å²) < 4.78 is 10.6. The summed E-state index contributed by atoms with van der Waals surface area (Å²) in [5.74, 6) is 1.25. The first kappa shape index (κ1) is 15.7. The van der Waals surface area contributed by atoms with Gasteiger partial charge in [-0.1, -0.05) is 23.7 Å². The molecule has 0 spiro atoms. The average molecular weight is 332 g/mol. The summed E-state index contributed by atoms with van der Waals surface area (Å²) in [6, 6.07) is 11.2. The third-order valence-corrected chi connectivity index (χ3v) is 4.32. The fourth-order valence-corrected chi connectivity index (χ4v) is 2.94. The van der Waals surface area contributed by atoms with E-state index in [0.29, 0.717) is 35.2 Å². The molecule has 1 amide bonds. The van der Waals surface area contributed by atoms with Gasteiger partial charge in [0.1, 0.15) is 0 Å². The number of carbonyl (C=O) groups is 1. The van der Waals surface area contributed by atoms with Crippen molar-refractivity contribution in [3.05, 3.63) is 58.1 Å². The summed E-state index contributed by atoms with van der Waals surface area (Å²) in [5.41, 5.74) is 2.74. The van der Waals surface area contributed by atoms with Crippen molar-refractivity contribution in [3.8, 4) is 11.5 Å². The van der Waals surface area contributed by atoms with Crippen LogP contribution in [-0.4, -0.2) is 31.6 Å². The van der Waals surface area contributed by atoms with Crippen LogP contribution in [0.5, 0.6) is 11.5 Å². The molecule has 0 bridgehead atoms. The predicted molar refractivity (Wildman–Crippen MR) is 89.4 cm³/mol. The number of halogens is 1. The third-order valence-electron chi connectivity index (χ3n) is 4.06. The van der Waals surface area contributed by atoms with Crippen LogP contribution < -0.4 is 9.47 Å². The number of benzene rings is 2. The molecule has 1 aliphatic rings. The summed E-state index contributed by atoms with van der Waals surface area (Å²) >= 11 is 5.91. The minimum Gasteiger partial charge on any atom is -0.493 e. The highest BCUT2D eigenvalue weighted by Gasteiger charge is 2.26. The van der Waals surface area contributed by atoms with E-state index < -0.39 is 0 Å². The van der Waals surface area contributed by atoms with Crippen molar-refractivity contribution in [2.24, 2.45) is 0 Å². The van der Waals surface area contributed by atoms with Crippen LogP contribution in [0, 0.1) is 0 Å². The lowest BCUT2D eigenvalue weighted by atomic mass is 9.97. The van der Waals surface area contributed by atoms with E-state index in [2.05, 4.69) is 0 Å². The largest absolute Gasteiger partial charge is 0.493 e. The van der Waals surface area contributed by atoms with Gasteiger partial charge in [-0.25, -0.2) is 0 Å². The van der Waals surface area contributed by atoms with E-state index in [-0.39, 0.29) is 5.91 Å². The number of ether oxygens (including phenoxy) is 2. The van der Waals surface area contributed by atoms with Crippen LogP contribution in [0.15, 0.2) is 36.4 Å². The van der Waals surface area contributed by atoms with E-state index in [9.17, 15) is 4.79 Å². The highest BCUT2D eigenvalue weighted by atomic mass is 35.5. The van der Waals surface area contributed by atoms with Crippen LogP contribution in [0.25, 0.3) is 0 Å². The summed E-state index contributed by atoms with van der Waals surface area (Å²) in [5, 5.41) is 0.695. The maximum absolute atomic E-state index is 12.8. The fraction of sp³-hybridized carbons (Fsp3) is 0.278. The molecule has 0 aromatic heterocycles. The Kier molecular flexibility index (Phi) is 4.44. The molecule has 120 valence electrons. The minimum absolute atomic E-state index is 0.0159. The number of nitrogens with zero attached hydrogens (tertiary/aromatic N) is 1. The monoisotopic (exact) mass is 331 g/mol. The molecule has 23 heavy (non-hydrogen) atoms. The molecule has 3 rings (SSSR count). The molecule has 0 atom stereocenters. The van der Waals surface area contributed by atoms with Gasteiger partial charge in [-0.2, -0.15) is 0 Å². The Labute approximate surface area is 140 Å². The first-order chi connectivity index (χ1) is 11.1. The minimum atomic E-state index is 0.0159. The summed E-state index contributed by atoms with van der Waals surface area (Å²) in [7, 11) is 3.17. The van der Waals surface area contributed by atoms with E-state index in [1.165, 1.54) is 0 Å². The molecule has 0 aliphatic carbocycles. The van der Waals surface area contributed by atoms with Gasteiger partial charge in [-0.05, 0) is 41.8 Å². The smallest absolute Gasteiger partial charge is 0.254 e. The van der Waals surface area contributed by atoms with Gasteiger partial charge in [0, 0.05) is 23.7 Å². The normalized spacial score (nSPS) is 13.7. The van der Waals surface area contributed by atoms with E-state index in [4.69, 9.17) is 21.1 Å². The lowest BCUT2D eigenvalue weighted by Crippen LogP contribution is -2.37. The van der Waals surface area contributed by atoms with Gasteiger partial charge in [0.25, 0.3) is 5.91 Å². The zero-order valence-electron chi connectivity index (χ0n) is 13.1. The number of carbonyl (C=O) groups excluding carboxylic acids is 1. The number of hydrogen-bond acceptors (Lipinski definition) is 3. The van der Waals surface area contributed by atoms with E-state index in [0.717, 1.165) is 17.5 Å². The molecular weight excluding hydrogens is 314 g/mol. The van der Waals surface area contributed by atoms with Crippen LogP contribution in [0.3, 0.4) is 0 Å². The maximum atomic E-state index is 12.8. The van der Waals surface area contributed by atoms with Gasteiger partial charge in [0.05, 0.1) is 14.2 Å². The number of rotatable bonds is 4. The topological polar surface area (TPSA) is 38.8 Å². The molecule has 5 heteroatoms. The Balaban J connectivity index is 1.86. The van der Waals surface area contributed by atoms with E-state index in [1.807, 2.05) is 35.2 Å². The van der Waals surface area contributed by atoms with Crippen molar-refractivity contribution >= 4 is 17.5 Å². The SMILES string of the molecule is COc1cc2c(cc1OC)C(=O)N(Cc1ccc(Cl)cc1)CC2. The molecule has 0 radical (unpaired) electrons. The molecule has 0 unspecified atom stereocenters. The van der Waals surface area contributed by atoms with Crippen molar-refractivity contribution in [1.29, 1.82) is 0 Å². The molecule has 2 aromatic carbocycles. The molecular formula is C18H18ClNO3. The zero-order valence-corrected chi connectivity index (χ0v) is 13.9. The van der Waals surface area contributed by atoms with Crippen molar-refractivity contribution in [2.45, 2.75) is 13.0 Å². The van der Waals surface area contributed by atoms with E-state index in [1.54, 1.807) is 20.3 Å². The number of hydrogen-bond donors (Lipinski definition) is 0. The Bertz CT molecular complexity index is 728. The molecule has 1 heterocycles. The highest BCUT2D eigenvalue weighted by molar-refractivity contribution is 6.30. The standard InChI is InChI=1S/C18H18ClNO3/c1-22-16-9-13-7-8-20(11-12-3-5-14(19)6-4-12)18(21)15(13)10-17(16)23-2/h3-6,9-10H,7-8,11H2,1-2H3. The Morgan fingerprint density at radius 3 is 2.39 bits per heavy atom. The molecule has 0 saturated heterocycles. The number of methoxy groups -OCH3 is 2. The Morgan fingerprint density at radius 1 is 1.09 bits per heavy atom. The highest BCUT2D eigenvalue weighted by Crippen LogP contribution is 2.33. The number of fused-ring (bicyclic) bond motifs is 1. The maximum Gasteiger partial charge on any atom is 0.254 e. The van der Waals surface area contributed by atoms with Crippen LogP contribution >= 0.6 is 11.6 Å². The van der Waals surface area contributed by atoms with Crippen molar-refractivity contribution in [1.82, 2.24) is 4.90 Å². The quantitative estimate of drug-likeness (QED) is 0.860. The lowest BCUT2D eigenvalue weighted by Gasteiger charge is -2.29. The first-order valence-electron chi connectivity index (χ1n) is 7.41. The summed E-state index contributed by atoms with van der Waals surface area (Å²) in [6.45, 7) is 1.26. The second-order valence-electron chi connectivity index (χ2n) is 5.47. The summed E-state index contributed by atoms with van der Waals surface area (Å²) in [4.78, 5) is 14.6. The second-order valence-corrected chi connectivity index (χ2v) is 5.90. The summed E-state index contributed by atoms with van der Waals surface area (Å²) in [6.07, 6.45) is 0.801. The van der Waals surface area contributed by atoms with Gasteiger partial charge >= 0.3 is 0 Å². The molecule has 0 N–H and O–H groups in total. The van der Waals surface area contributed by atoms with Crippen molar-refractivity contribution < 1.29 is 14.3 Å². The lowest BCUT2D eigenvalue weighted by molar-refractivity contribution is 0.0726. The van der Waals surface area contributed by atoms with Crippen LogP contribution in [0.4, 0.5) is 0 Å². The fourth-order valence-electron chi connectivity index (χ4n) is 2.82. The zero-order chi connectivity index (χ0) is 16.4. The molecule has 0 fully saturated rings. The average Bonchev–Trinajstić information content (AvgIpc) is 2.58. The van der Waals surface area contributed by atoms with Gasteiger partial charge < -0.3 is 14.4 Å². The second kappa shape index (κ2) is 6.50. The van der Waals surface area contributed by atoms with Crippen LogP contribution in [0.1, 0.15) is 21.5 Å².